The molecule has 3 aromatic rings. The van der Waals surface area contributed by atoms with E-state index >= 15 is 0 Å². The Morgan fingerprint density at radius 1 is 1.06 bits per heavy atom. The molecule has 0 spiro atoms. The van der Waals surface area contributed by atoms with Crippen molar-refractivity contribution in [2.24, 2.45) is 0 Å². The number of likely N-dealkylation sites (tertiary alicyclic amines) is 1. The number of halogens is 4. The maximum Gasteiger partial charge on any atom is 0.435 e. The van der Waals surface area contributed by atoms with E-state index in [1.165, 1.54) is 17.5 Å². The van der Waals surface area contributed by atoms with Crippen molar-refractivity contribution in [1.82, 2.24) is 20.0 Å². The molecule has 32 heavy (non-hydrogen) atoms. The van der Waals surface area contributed by atoms with Crippen molar-refractivity contribution in [1.29, 1.82) is 0 Å². The standard InChI is InChI=1S/C23H22ClF3N4O/c24-18-5-1-2-6-19(18)31-20(15-21(29-31)23(25,26)27)16-7-9-17(10-8-16)22(32)28-11-14-30-12-3-4-13-30/h1-2,5-10,15H,3-4,11-14H2,(H,28,32). The molecule has 9 heteroatoms. The highest BCUT2D eigenvalue weighted by Gasteiger charge is 2.35. The Balaban J connectivity index is 1.56. The third kappa shape index (κ3) is 4.97. The van der Waals surface area contributed by atoms with Crippen molar-refractivity contribution in [3.05, 3.63) is 70.9 Å². The largest absolute Gasteiger partial charge is 0.435 e. The van der Waals surface area contributed by atoms with E-state index in [4.69, 9.17) is 11.6 Å². The number of carbonyl (C=O) groups is 1. The number of alkyl halides is 3. The normalized spacial score (nSPS) is 14.6. The maximum atomic E-state index is 13.3. The molecule has 1 fully saturated rings. The van der Waals surface area contributed by atoms with Gasteiger partial charge in [0.05, 0.1) is 16.4 Å². The third-order valence-electron chi connectivity index (χ3n) is 5.44. The van der Waals surface area contributed by atoms with Gasteiger partial charge in [-0.2, -0.15) is 18.3 Å². The summed E-state index contributed by atoms with van der Waals surface area (Å²) in [4.78, 5) is 14.7. The summed E-state index contributed by atoms with van der Waals surface area (Å²) in [6.07, 6.45) is -2.22. The van der Waals surface area contributed by atoms with Gasteiger partial charge in [0.25, 0.3) is 5.91 Å². The van der Waals surface area contributed by atoms with Gasteiger partial charge in [0.15, 0.2) is 5.69 Å². The van der Waals surface area contributed by atoms with Gasteiger partial charge < -0.3 is 10.2 Å². The highest BCUT2D eigenvalue weighted by molar-refractivity contribution is 6.32. The van der Waals surface area contributed by atoms with Crippen molar-refractivity contribution >= 4 is 17.5 Å². The van der Waals surface area contributed by atoms with E-state index in [2.05, 4.69) is 15.3 Å². The molecule has 1 saturated heterocycles. The van der Waals surface area contributed by atoms with E-state index in [1.807, 2.05) is 0 Å². The van der Waals surface area contributed by atoms with Crippen LogP contribution in [0.5, 0.6) is 0 Å². The summed E-state index contributed by atoms with van der Waals surface area (Å²) in [5.74, 6) is -0.216. The minimum Gasteiger partial charge on any atom is -0.351 e. The lowest BCUT2D eigenvalue weighted by molar-refractivity contribution is -0.141. The number of hydrogen-bond donors (Lipinski definition) is 1. The fourth-order valence-electron chi connectivity index (χ4n) is 3.76. The number of nitrogens with one attached hydrogen (secondary N) is 1. The van der Waals surface area contributed by atoms with Crippen molar-refractivity contribution in [3.8, 4) is 16.9 Å². The van der Waals surface area contributed by atoms with Gasteiger partial charge >= 0.3 is 6.18 Å². The maximum absolute atomic E-state index is 13.3. The van der Waals surface area contributed by atoms with Crippen LogP contribution >= 0.6 is 11.6 Å². The van der Waals surface area contributed by atoms with Crippen molar-refractivity contribution < 1.29 is 18.0 Å². The molecule has 0 aliphatic carbocycles. The zero-order valence-electron chi connectivity index (χ0n) is 17.2. The van der Waals surface area contributed by atoms with Crippen LogP contribution in [0.4, 0.5) is 13.2 Å². The summed E-state index contributed by atoms with van der Waals surface area (Å²) in [5.41, 5.74) is 0.475. The highest BCUT2D eigenvalue weighted by Crippen LogP contribution is 2.34. The summed E-state index contributed by atoms with van der Waals surface area (Å²) < 4.78 is 41.2. The highest BCUT2D eigenvalue weighted by atomic mass is 35.5. The first-order valence-corrected chi connectivity index (χ1v) is 10.7. The van der Waals surface area contributed by atoms with Crippen LogP contribution in [-0.2, 0) is 6.18 Å². The Bertz CT molecular complexity index is 1090. The van der Waals surface area contributed by atoms with Crippen molar-refractivity contribution in [2.45, 2.75) is 19.0 Å². The van der Waals surface area contributed by atoms with Gasteiger partial charge in [-0.15, -0.1) is 0 Å². The summed E-state index contributed by atoms with van der Waals surface area (Å²) in [5, 5.41) is 6.91. The lowest BCUT2D eigenvalue weighted by Crippen LogP contribution is -2.33. The average molecular weight is 463 g/mol. The number of para-hydroxylation sites is 1. The van der Waals surface area contributed by atoms with E-state index in [1.54, 1.807) is 48.5 Å². The molecule has 4 rings (SSSR count). The monoisotopic (exact) mass is 462 g/mol. The molecule has 0 radical (unpaired) electrons. The van der Waals surface area contributed by atoms with Gasteiger partial charge in [-0.1, -0.05) is 35.9 Å². The first-order chi connectivity index (χ1) is 15.3. The van der Waals surface area contributed by atoms with Crippen LogP contribution in [0.2, 0.25) is 5.02 Å². The van der Waals surface area contributed by atoms with Crippen LogP contribution in [0.25, 0.3) is 16.9 Å². The number of hydrogen-bond acceptors (Lipinski definition) is 3. The van der Waals surface area contributed by atoms with Gasteiger partial charge in [-0.3, -0.25) is 4.79 Å². The number of rotatable bonds is 6. The molecule has 0 unspecified atom stereocenters. The van der Waals surface area contributed by atoms with E-state index in [0.29, 0.717) is 23.4 Å². The molecule has 1 aromatic heterocycles. The van der Waals surface area contributed by atoms with E-state index < -0.39 is 11.9 Å². The molecule has 1 amide bonds. The first kappa shape index (κ1) is 22.4. The zero-order valence-corrected chi connectivity index (χ0v) is 18.0. The molecule has 168 valence electrons. The Morgan fingerprint density at radius 2 is 1.75 bits per heavy atom. The second-order valence-electron chi connectivity index (χ2n) is 7.66. The summed E-state index contributed by atoms with van der Waals surface area (Å²) in [6.45, 7) is 3.48. The Labute approximate surface area is 188 Å². The SMILES string of the molecule is O=C(NCCN1CCCC1)c1ccc(-c2cc(C(F)(F)F)nn2-c2ccccc2Cl)cc1. The van der Waals surface area contributed by atoms with Crippen molar-refractivity contribution in [2.75, 3.05) is 26.2 Å². The predicted octanol–water partition coefficient (Wildman–Crippen LogP) is 5.04. The zero-order chi connectivity index (χ0) is 22.7. The number of aromatic nitrogens is 2. The topological polar surface area (TPSA) is 50.2 Å². The first-order valence-electron chi connectivity index (χ1n) is 10.4. The average Bonchev–Trinajstić information content (AvgIpc) is 3.44. The fourth-order valence-corrected chi connectivity index (χ4v) is 3.98. The molecule has 2 heterocycles. The Morgan fingerprint density at radius 3 is 2.41 bits per heavy atom. The van der Waals surface area contributed by atoms with Crippen LogP contribution in [-0.4, -0.2) is 46.8 Å². The molecule has 5 nitrogen and oxygen atoms in total. The second-order valence-corrected chi connectivity index (χ2v) is 8.06. The summed E-state index contributed by atoms with van der Waals surface area (Å²) >= 11 is 6.21. The molecule has 1 N–H and O–H groups in total. The van der Waals surface area contributed by atoms with Crippen LogP contribution in [0, 0.1) is 0 Å². The molecule has 0 atom stereocenters. The molecule has 1 aliphatic rings. The lowest BCUT2D eigenvalue weighted by Gasteiger charge is -2.14. The van der Waals surface area contributed by atoms with Crippen LogP contribution in [0.1, 0.15) is 28.9 Å². The lowest BCUT2D eigenvalue weighted by atomic mass is 10.1. The molecule has 2 aromatic carbocycles. The molecule has 1 aliphatic heterocycles. The number of carbonyl (C=O) groups excluding carboxylic acids is 1. The second kappa shape index (κ2) is 9.34. The van der Waals surface area contributed by atoms with Crippen molar-refractivity contribution in [3.63, 3.8) is 0 Å². The summed E-state index contributed by atoms with van der Waals surface area (Å²) in [6, 6.07) is 13.9. The van der Waals surface area contributed by atoms with E-state index in [9.17, 15) is 18.0 Å². The fraction of sp³-hybridized carbons (Fsp3) is 0.304. The third-order valence-corrected chi connectivity index (χ3v) is 5.76. The van der Waals surface area contributed by atoms with Gasteiger partial charge in [-0.25, -0.2) is 4.68 Å². The van der Waals surface area contributed by atoms with E-state index in [-0.39, 0.29) is 16.6 Å². The summed E-state index contributed by atoms with van der Waals surface area (Å²) in [7, 11) is 0. The minimum atomic E-state index is -4.60. The molecule has 0 saturated carbocycles. The minimum absolute atomic E-state index is 0.216. The van der Waals surface area contributed by atoms with Gasteiger partial charge in [0.1, 0.15) is 0 Å². The van der Waals surface area contributed by atoms with Gasteiger partial charge in [0.2, 0.25) is 0 Å². The van der Waals surface area contributed by atoms with Crippen LogP contribution in [0.15, 0.2) is 54.6 Å². The molecule has 0 bridgehead atoms. The smallest absolute Gasteiger partial charge is 0.351 e. The van der Waals surface area contributed by atoms with Crippen LogP contribution in [0.3, 0.4) is 0 Å². The number of amides is 1. The predicted molar refractivity (Wildman–Crippen MR) is 117 cm³/mol. The van der Waals surface area contributed by atoms with E-state index in [0.717, 1.165) is 25.7 Å². The molecular formula is C23H22ClF3N4O. The Kier molecular flexibility index (Phi) is 6.53. The van der Waals surface area contributed by atoms with Gasteiger partial charge in [0, 0.05) is 24.2 Å². The quantitative estimate of drug-likeness (QED) is 0.558. The Hall–Kier alpha value is -2.84. The van der Waals surface area contributed by atoms with Gasteiger partial charge in [-0.05, 0) is 56.3 Å². The molecular weight excluding hydrogens is 441 g/mol. The number of nitrogens with zero attached hydrogens (tertiary/aromatic N) is 3. The number of benzene rings is 2. The van der Waals surface area contributed by atoms with Crippen LogP contribution < -0.4 is 5.32 Å².